The third-order valence-corrected chi connectivity index (χ3v) is 3.63. The van der Waals surface area contributed by atoms with E-state index in [9.17, 15) is 0 Å². The van der Waals surface area contributed by atoms with Gasteiger partial charge >= 0.3 is 0 Å². The molecule has 0 spiro atoms. The van der Waals surface area contributed by atoms with Crippen molar-refractivity contribution in [3.63, 3.8) is 0 Å². The van der Waals surface area contributed by atoms with Crippen molar-refractivity contribution in [1.29, 1.82) is 0 Å². The van der Waals surface area contributed by atoms with E-state index < -0.39 is 0 Å². The number of benzene rings is 1. The Labute approximate surface area is 102 Å². The molecule has 1 aromatic rings. The molecular formula is C13H19ClS. The van der Waals surface area contributed by atoms with Gasteiger partial charge in [-0.05, 0) is 37.7 Å². The largest absolute Gasteiger partial charge is 0.127 e. The van der Waals surface area contributed by atoms with Crippen molar-refractivity contribution in [2.45, 2.75) is 37.5 Å². The highest BCUT2D eigenvalue weighted by Gasteiger charge is 1.94. The van der Waals surface area contributed by atoms with Crippen LogP contribution in [0.25, 0.3) is 0 Å². The van der Waals surface area contributed by atoms with Crippen molar-refractivity contribution in [1.82, 2.24) is 0 Å². The number of halogens is 1. The normalized spacial score (nSPS) is 10.5. The van der Waals surface area contributed by atoms with Crippen LogP contribution >= 0.6 is 23.4 Å². The van der Waals surface area contributed by atoms with E-state index in [0.717, 1.165) is 12.3 Å². The molecule has 0 nitrogen and oxygen atoms in total. The quantitative estimate of drug-likeness (QED) is 0.373. The molecule has 0 fully saturated rings. The second-order valence-corrected chi connectivity index (χ2v) is 5.31. The molecule has 0 atom stereocenters. The molecule has 0 heterocycles. The molecule has 0 aliphatic heterocycles. The van der Waals surface area contributed by atoms with Crippen LogP contribution < -0.4 is 0 Å². The summed E-state index contributed by atoms with van der Waals surface area (Å²) in [6.07, 6.45) is 5.05. The molecule has 1 aromatic carbocycles. The van der Waals surface area contributed by atoms with Crippen molar-refractivity contribution in [2.75, 3.05) is 11.6 Å². The summed E-state index contributed by atoms with van der Waals surface area (Å²) in [6, 6.07) is 8.72. The van der Waals surface area contributed by atoms with Crippen LogP contribution in [0.15, 0.2) is 29.2 Å². The van der Waals surface area contributed by atoms with Crippen LogP contribution in [0.1, 0.15) is 31.2 Å². The van der Waals surface area contributed by atoms with E-state index in [1.54, 1.807) is 0 Å². The fraction of sp³-hybridized carbons (Fsp3) is 0.538. The minimum Gasteiger partial charge on any atom is -0.127 e. The Hall–Kier alpha value is -0.140. The van der Waals surface area contributed by atoms with Crippen LogP contribution in [0.3, 0.4) is 0 Å². The van der Waals surface area contributed by atoms with Gasteiger partial charge in [0.25, 0.3) is 0 Å². The molecule has 0 radical (unpaired) electrons. The summed E-state index contributed by atoms with van der Waals surface area (Å²) < 4.78 is 0. The minimum absolute atomic E-state index is 0.811. The molecule has 0 saturated carbocycles. The van der Waals surface area contributed by atoms with Crippen LogP contribution in [-0.2, 0) is 0 Å². The van der Waals surface area contributed by atoms with E-state index in [4.69, 9.17) is 11.6 Å². The summed E-state index contributed by atoms with van der Waals surface area (Å²) in [7, 11) is 0. The standard InChI is InChI=1S/C13H19ClS/c1-12-7-6-8-13(11-12)15-10-5-3-2-4-9-14/h6-8,11H,2-5,9-10H2,1H3. The smallest absolute Gasteiger partial charge is 0.0223 e. The summed E-state index contributed by atoms with van der Waals surface area (Å²) in [6.45, 7) is 2.14. The number of hydrogen-bond donors (Lipinski definition) is 0. The highest BCUT2D eigenvalue weighted by atomic mass is 35.5. The number of unbranched alkanes of at least 4 members (excludes halogenated alkanes) is 3. The molecular weight excluding hydrogens is 224 g/mol. The molecule has 1 rings (SSSR count). The summed E-state index contributed by atoms with van der Waals surface area (Å²) >= 11 is 7.58. The zero-order valence-electron chi connectivity index (χ0n) is 9.34. The number of thioether (sulfide) groups is 1. The molecule has 2 heteroatoms. The number of rotatable bonds is 7. The van der Waals surface area contributed by atoms with Crippen LogP contribution in [0.5, 0.6) is 0 Å². The molecule has 0 aliphatic carbocycles. The van der Waals surface area contributed by atoms with Crippen molar-refractivity contribution in [2.24, 2.45) is 0 Å². The molecule has 0 unspecified atom stereocenters. The molecule has 0 aromatic heterocycles. The maximum Gasteiger partial charge on any atom is 0.0223 e. The van der Waals surface area contributed by atoms with E-state index in [1.165, 1.54) is 35.5 Å². The van der Waals surface area contributed by atoms with Gasteiger partial charge < -0.3 is 0 Å². The van der Waals surface area contributed by atoms with Gasteiger partial charge in [0.05, 0.1) is 0 Å². The van der Waals surface area contributed by atoms with Gasteiger partial charge in [-0.3, -0.25) is 0 Å². The van der Waals surface area contributed by atoms with Crippen LogP contribution in [-0.4, -0.2) is 11.6 Å². The average molecular weight is 243 g/mol. The Kier molecular flexibility index (Phi) is 6.95. The Morgan fingerprint density at radius 1 is 1.13 bits per heavy atom. The highest BCUT2D eigenvalue weighted by Crippen LogP contribution is 2.20. The Bertz CT molecular complexity index is 273. The molecule has 84 valence electrons. The molecule has 0 aliphatic rings. The van der Waals surface area contributed by atoms with Gasteiger partial charge in [-0.15, -0.1) is 23.4 Å². The topological polar surface area (TPSA) is 0 Å². The van der Waals surface area contributed by atoms with E-state index in [0.29, 0.717) is 0 Å². The first-order valence-corrected chi connectivity index (χ1v) is 7.10. The number of alkyl halides is 1. The van der Waals surface area contributed by atoms with Crippen molar-refractivity contribution in [3.8, 4) is 0 Å². The van der Waals surface area contributed by atoms with E-state index in [-0.39, 0.29) is 0 Å². The van der Waals surface area contributed by atoms with Gasteiger partial charge in [-0.2, -0.15) is 0 Å². The molecule has 15 heavy (non-hydrogen) atoms. The second kappa shape index (κ2) is 8.06. The van der Waals surface area contributed by atoms with Crippen molar-refractivity contribution >= 4 is 23.4 Å². The lowest BCUT2D eigenvalue weighted by molar-refractivity contribution is 0.709. The summed E-state index contributed by atoms with van der Waals surface area (Å²) in [5.74, 6) is 2.04. The number of aryl methyl sites for hydroxylation is 1. The molecule has 0 saturated heterocycles. The van der Waals surface area contributed by atoms with Crippen LogP contribution in [0.4, 0.5) is 0 Å². The van der Waals surface area contributed by atoms with Crippen LogP contribution in [0.2, 0.25) is 0 Å². The summed E-state index contributed by atoms with van der Waals surface area (Å²) in [4.78, 5) is 1.40. The van der Waals surface area contributed by atoms with Gasteiger partial charge in [-0.25, -0.2) is 0 Å². The summed E-state index contributed by atoms with van der Waals surface area (Å²) in [5, 5.41) is 0. The fourth-order valence-electron chi connectivity index (χ4n) is 1.45. The van der Waals surface area contributed by atoms with Gasteiger partial charge in [0.2, 0.25) is 0 Å². The zero-order valence-corrected chi connectivity index (χ0v) is 10.9. The van der Waals surface area contributed by atoms with E-state index in [2.05, 4.69) is 31.2 Å². The van der Waals surface area contributed by atoms with E-state index in [1.807, 2.05) is 11.8 Å². The maximum atomic E-state index is 5.62. The lowest BCUT2D eigenvalue weighted by Gasteiger charge is -2.02. The molecule has 0 bridgehead atoms. The second-order valence-electron chi connectivity index (χ2n) is 3.77. The van der Waals surface area contributed by atoms with Crippen LogP contribution in [0, 0.1) is 6.92 Å². The zero-order chi connectivity index (χ0) is 10.9. The lowest BCUT2D eigenvalue weighted by atomic mass is 10.2. The van der Waals surface area contributed by atoms with Gasteiger partial charge in [0, 0.05) is 10.8 Å². The third kappa shape index (κ3) is 6.11. The van der Waals surface area contributed by atoms with E-state index >= 15 is 0 Å². The van der Waals surface area contributed by atoms with Gasteiger partial charge in [-0.1, -0.05) is 30.5 Å². The SMILES string of the molecule is Cc1cccc(SCCCCCCCl)c1. The predicted octanol–water partition coefficient (Wildman–Crippen LogP) is 4.89. The first-order valence-electron chi connectivity index (χ1n) is 5.58. The number of hydrogen-bond acceptors (Lipinski definition) is 1. The van der Waals surface area contributed by atoms with Crippen molar-refractivity contribution in [3.05, 3.63) is 29.8 Å². The lowest BCUT2D eigenvalue weighted by Crippen LogP contribution is -1.83. The van der Waals surface area contributed by atoms with Gasteiger partial charge in [0.15, 0.2) is 0 Å². The Balaban J connectivity index is 2.10. The predicted molar refractivity (Wildman–Crippen MR) is 71.1 cm³/mol. The maximum absolute atomic E-state index is 5.62. The first kappa shape index (κ1) is 12.9. The van der Waals surface area contributed by atoms with Gasteiger partial charge in [0.1, 0.15) is 0 Å². The third-order valence-electron chi connectivity index (χ3n) is 2.29. The monoisotopic (exact) mass is 242 g/mol. The first-order chi connectivity index (χ1) is 7.33. The highest BCUT2D eigenvalue weighted by molar-refractivity contribution is 7.99. The minimum atomic E-state index is 0.811. The fourth-order valence-corrected chi connectivity index (χ4v) is 2.66. The Morgan fingerprint density at radius 2 is 1.93 bits per heavy atom. The molecule has 0 amide bonds. The summed E-state index contributed by atoms with van der Waals surface area (Å²) in [5.41, 5.74) is 1.35. The Morgan fingerprint density at radius 3 is 2.67 bits per heavy atom. The van der Waals surface area contributed by atoms with Crippen molar-refractivity contribution < 1.29 is 0 Å². The molecule has 0 N–H and O–H groups in total. The average Bonchev–Trinajstić information content (AvgIpc) is 2.23.